The van der Waals surface area contributed by atoms with E-state index in [2.05, 4.69) is 10.3 Å². The molecule has 1 aromatic carbocycles. The molecule has 0 radical (unpaired) electrons. The highest BCUT2D eigenvalue weighted by molar-refractivity contribution is 5.94. The Morgan fingerprint density at radius 1 is 1.25 bits per heavy atom. The highest BCUT2D eigenvalue weighted by Gasteiger charge is 2.18. The number of anilines is 1. The van der Waals surface area contributed by atoms with Crippen LogP contribution in [0.4, 0.5) is 5.82 Å². The minimum atomic E-state index is -0.103. The SMILES string of the molecule is CCCNC(=O)c1ccc(N(C)C(CCO)c2ccccc2)nc1. The predicted molar refractivity (Wildman–Crippen MR) is 96.2 cm³/mol. The molecule has 0 aliphatic heterocycles. The lowest BCUT2D eigenvalue weighted by Gasteiger charge is -2.29. The number of aromatic nitrogens is 1. The van der Waals surface area contributed by atoms with Gasteiger partial charge in [0.05, 0.1) is 11.6 Å². The molecule has 0 saturated carbocycles. The van der Waals surface area contributed by atoms with Crippen molar-refractivity contribution < 1.29 is 9.90 Å². The lowest BCUT2D eigenvalue weighted by molar-refractivity contribution is 0.0953. The van der Waals surface area contributed by atoms with E-state index in [-0.39, 0.29) is 18.6 Å². The number of hydrogen-bond donors (Lipinski definition) is 2. The van der Waals surface area contributed by atoms with Crippen LogP contribution < -0.4 is 10.2 Å². The molecule has 1 heterocycles. The number of benzene rings is 1. The van der Waals surface area contributed by atoms with Gasteiger partial charge in [-0.15, -0.1) is 0 Å². The molecule has 0 aliphatic rings. The number of nitrogens with zero attached hydrogens (tertiary/aromatic N) is 2. The van der Waals surface area contributed by atoms with Gasteiger partial charge in [0.2, 0.25) is 0 Å². The van der Waals surface area contributed by atoms with E-state index in [1.165, 1.54) is 0 Å². The highest BCUT2D eigenvalue weighted by atomic mass is 16.3. The van der Waals surface area contributed by atoms with Crippen molar-refractivity contribution >= 4 is 11.7 Å². The van der Waals surface area contributed by atoms with E-state index in [4.69, 9.17) is 0 Å². The van der Waals surface area contributed by atoms with Crippen LogP contribution in [-0.2, 0) is 0 Å². The molecule has 1 amide bonds. The van der Waals surface area contributed by atoms with Gasteiger partial charge in [0.1, 0.15) is 5.82 Å². The van der Waals surface area contributed by atoms with Crippen LogP contribution in [0, 0.1) is 0 Å². The zero-order valence-electron chi connectivity index (χ0n) is 14.3. The van der Waals surface area contributed by atoms with Crippen molar-refractivity contribution in [2.45, 2.75) is 25.8 Å². The van der Waals surface area contributed by atoms with Crippen molar-refractivity contribution in [2.75, 3.05) is 25.1 Å². The van der Waals surface area contributed by atoms with Crippen LogP contribution in [0.2, 0.25) is 0 Å². The fraction of sp³-hybridized carbons (Fsp3) is 0.368. The molecular formula is C19H25N3O2. The summed E-state index contributed by atoms with van der Waals surface area (Å²) in [5, 5.41) is 12.2. The molecule has 5 heteroatoms. The highest BCUT2D eigenvalue weighted by Crippen LogP contribution is 2.26. The van der Waals surface area contributed by atoms with Crippen LogP contribution >= 0.6 is 0 Å². The van der Waals surface area contributed by atoms with Crippen LogP contribution in [-0.4, -0.2) is 36.2 Å². The summed E-state index contributed by atoms with van der Waals surface area (Å²) in [5.41, 5.74) is 1.68. The second-order valence-electron chi connectivity index (χ2n) is 5.71. The molecule has 5 nitrogen and oxygen atoms in total. The van der Waals surface area contributed by atoms with Crippen LogP contribution in [0.15, 0.2) is 48.7 Å². The van der Waals surface area contributed by atoms with Gasteiger partial charge in [0.15, 0.2) is 0 Å². The molecule has 24 heavy (non-hydrogen) atoms. The monoisotopic (exact) mass is 327 g/mol. The number of pyridine rings is 1. The molecule has 0 fully saturated rings. The van der Waals surface area contributed by atoms with Crippen LogP contribution in [0.25, 0.3) is 0 Å². The van der Waals surface area contributed by atoms with Crippen LogP contribution in [0.3, 0.4) is 0 Å². The maximum absolute atomic E-state index is 11.9. The average molecular weight is 327 g/mol. The normalized spacial score (nSPS) is 11.8. The Morgan fingerprint density at radius 3 is 2.58 bits per heavy atom. The number of aliphatic hydroxyl groups excluding tert-OH is 1. The predicted octanol–water partition coefficient (Wildman–Crippen LogP) is 2.78. The van der Waals surface area contributed by atoms with E-state index in [9.17, 15) is 9.90 Å². The summed E-state index contributed by atoms with van der Waals surface area (Å²) in [6.07, 6.45) is 3.11. The van der Waals surface area contributed by atoms with Gasteiger partial charge in [-0.25, -0.2) is 4.98 Å². The van der Waals surface area contributed by atoms with E-state index in [1.807, 2.05) is 55.3 Å². The Balaban J connectivity index is 2.15. The quantitative estimate of drug-likeness (QED) is 0.782. The third-order valence-corrected chi connectivity index (χ3v) is 3.96. The molecule has 2 aromatic rings. The minimum Gasteiger partial charge on any atom is -0.396 e. The first-order chi connectivity index (χ1) is 11.7. The van der Waals surface area contributed by atoms with E-state index < -0.39 is 0 Å². The summed E-state index contributed by atoms with van der Waals surface area (Å²) >= 11 is 0. The minimum absolute atomic E-state index is 0.0310. The Bertz CT molecular complexity index is 629. The maximum Gasteiger partial charge on any atom is 0.252 e. The zero-order chi connectivity index (χ0) is 17.4. The van der Waals surface area contributed by atoms with Gasteiger partial charge < -0.3 is 15.3 Å². The number of carbonyl (C=O) groups is 1. The van der Waals surface area contributed by atoms with Gasteiger partial charge in [-0.05, 0) is 30.5 Å². The number of hydrogen-bond acceptors (Lipinski definition) is 4. The fourth-order valence-electron chi connectivity index (χ4n) is 2.61. The molecule has 0 bridgehead atoms. The molecule has 0 saturated heterocycles. The van der Waals surface area contributed by atoms with Gasteiger partial charge in [0, 0.05) is 26.4 Å². The Labute approximate surface area is 143 Å². The van der Waals surface area contributed by atoms with E-state index in [0.29, 0.717) is 18.5 Å². The van der Waals surface area contributed by atoms with Gasteiger partial charge in [-0.1, -0.05) is 37.3 Å². The topological polar surface area (TPSA) is 65.5 Å². The molecule has 1 unspecified atom stereocenters. The molecule has 2 rings (SSSR count). The first kappa shape index (κ1) is 17.9. The van der Waals surface area contributed by atoms with Crippen molar-refractivity contribution in [1.82, 2.24) is 10.3 Å². The first-order valence-corrected chi connectivity index (χ1v) is 8.30. The van der Waals surface area contributed by atoms with Crippen molar-refractivity contribution in [1.29, 1.82) is 0 Å². The number of nitrogens with one attached hydrogen (secondary N) is 1. The number of rotatable bonds is 8. The summed E-state index contributed by atoms with van der Waals surface area (Å²) in [5.74, 6) is 0.665. The molecule has 1 aromatic heterocycles. The number of aliphatic hydroxyl groups is 1. The Kier molecular flexibility index (Phi) is 6.75. The van der Waals surface area contributed by atoms with E-state index in [0.717, 1.165) is 17.8 Å². The van der Waals surface area contributed by atoms with Gasteiger partial charge in [-0.2, -0.15) is 0 Å². The summed E-state index contributed by atoms with van der Waals surface area (Å²) in [6.45, 7) is 2.77. The lowest BCUT2D eigenvalue weighted by Crippen LogP contribution is -2.27. The largest absolute Gasteiger partial charge is 0.396 e. The lowest BCUT2D eigenvalue weighted by atomic mass is 10.0. The van der Waals surface area contributed by atoms with Crippen molar-refractivity contribution in [3.8, 4) is 0 Å². The van der Waals surface area contributed by atoms with Crippen molar-refractivity contribution in [3.05, 3.63) is 59.8 Å². The van der Waals surface area contributed by atoms with Crippen LogP contribution in [0.1, 0.15) is 41.7 Å². The second-order valence-corrected chi connectivity index (χ2v) is 5.71. The average Bonchev–Trinajstić information content (AvgIpc) is 2.64. The second kappa shape index (κ2) is 9.03. The van der Waals surface area contributed by atoms with E-state index in [1.54, 1.807) is 12.3 Å². The molecule has 128 valence electrons. The Hall–Kier alpha value is -2.40. The Morgan fingerprint density at radius 2 is 2.00 bits per heavy atom. The van der Waals surface area contributed by atoms with Gasteiger partial charge >= 0.3 is 0 Å². The zero-order valence-corrected chi connectivity index (χ0v) is 14.3. The smallest absolute Gasteiger partial charge is 0.252 e. The molecule has 1 atom stereocenters. The first-order valence-electron chi connectivity index (χ1n) is 8.30. The van der Waals surface area contributed by atoms with Crippen LogP contribution in [0.5, 0.6) is 0 Å². The molecule has 2 N–H and O–H groups in total. The van der Waals surface area contributed by atoms with Gasteiger partial charge in [-0.3, -0.25) is 4.79 Å². The maximum atomic E-state index is 11.9. The summed E-state index contributed by atoms with van der Waals surface area (Å²) in [7, 11) is 1.95. The number of carbonyl (C=O) groups excluding carboxylic acids is 1. The van der Waals surface area contributed by atoms with Crippen molar-refractivity contribution in [3.63, 3.8) is 0 Å². The fourth-order valence-corrected chi connectivity index (χ4v) is 2.61. The standard InChI is InChI=1S/C19H25N3O2/c1-3-12-20-19(24)16-9-10-18(21-14-16)22(2)17(11-13-23)15-7-5-4-6-8-15/h4-10,14,17,23H,3,11-13H2,1-2H3,(H,20,24). The summed E-state index contributed by atoms with van der Waals surface area (Å²) < 4.78 is 0. The van der Waals surface area contributed by atoms with Crippen molar-refractivity contribution in [2.24, 2.45) is 0 Å². The van der Waals surface area contributed by atoms with E-state index >= 15 is 0 Å². The van der Waals surface area contributed by atoms with Gasteiger partial charge in [0.25, 0.3) is 5.91 Å². The number of amides is 1. The molecule has 0 spiro atoms. The third kappa shape index (κ3) is 4.55. The third-order valence-electron chi connectivity index (χ3n) is 3.96. The molecule has 0 aliphatic carbocycles. The molecular weight excluding hydrogens is 302 g/mol. The summed E-state index contributed by atoms with van der Waals surface area (Å²) in [4.78, 5) is 18.4. The summed E-state index contributed by atoms with van der Waals surface area (Å²) in [6, 6.07) is 13.7.